The van der Waals surface area contributed by atoms with Crippen LogP contribution in [0.4, 0.5) is 5.69 Å². The maximum absolute atomic E-state index is 12.7. The van der Waals surface area contributed by atoms with Crippen LogP contribution in [-0.2, 0) is 11.8 Å². The van der Waals surface area contributed by atoms with Crippen molar-refractivity contribution in [1.82, 2.24) is 14.7 Å². The maximum Gasteiger partial charge on any atom is 0.238 e. The summed E-state index contributed by atoms with van der Waals surface area (Å²) >= 11 is 0. The molecule has 0 saturated carbocycles. The van der Waals surface area contributed by atoms with E-state index in [2.05, 4.69) is 15.3 Å². The van der Waals surface area contributed by atoms with E-state index in [9.17, 15) is 4.79 Å². The van der Waals surface area contributed by atoms with Crippen molar-refractivity contribution in [2.75, 3.05) is 18.4 Å². The third-order valence-corrected chi connectivity index (χ3v) is 5.07. The van der Waals surface area contributed by atoms with Crippen molar-refractivity contribution >= 4 is 11.6 Å². The Kier molecular flexibility index (Phi) is 5.27. The van der Waals surface area contributed by atoms with Gasteiger partial charge in [0.25, 0.3) is 0 Å². The highest BCUT2D eigenvalue weighted by Crippen LogP contribution is 2.31. The van der Waals surface area contributed by atoms with Crippen LogP contribution in [0.15, 0.2) is 16.5 Å². The van der Waals surface area contributed by atoms with Crippen molar-refractivity contribution < 1.29 is 9.21 Å². The van der Waals surface area contributed by atoms with Gasteiger partial charge in [0.2, 0.25) is 5.91 Å². The summed E-state index contributed by atoms with van der Waals surface area (Å²) in [6.45, 7) is 7.14. The van der Waals surface area contributed by atoms with Crippen molar-refractivity contribution in [2.45, 2.75) is 52.5 Å². The van der Waals surface area contributed by atoms with Crippen LogP contribution in [0, 0.1) is 20.8 Å². The van der Waals surface area contributed by atoms with E-state index < -0.39 is 0 Å². The molecule has 0 aromatic carbocycles. The summed E-state index contributed by atoms with van der Waals surface area (Å²) in [6.07, 6.45) is 4.53. The summed E-state index contributed by atoms with van der Waals surface area (Å²) in [5.41, 5.74) is 2.65. The standard InChI is InChI=1S/C19H28N4O2/c1-13-9-10-17(25-13)16-8-6-5-7-11-23(16)12-18(24)20-19-14(2)21-22(4)15(19)3/h9-10,16H,5-8,11-12H2,1-4H3,(H,20,24). The Morgan fingerprint density at radius 3 is 2.72 bits per heavy atom. The summed E-state index contributed by atoms with van der Waals surface area (Å²) in [5, 5.41) is 7.41. The number of anilines is 1. The van der Waals surface area contributed by atoms with Gasteiger partial charge in [-0.3, -0.25) is 14.4 Å². The van der Waals surface area contributed by atoms with Gasteiger partial charge in [0.1, 0.15) is 11.5 Å². The van der Waals surface area contributed by atoms with E-state index in [0.717, 1.165) is 48.0 Å². The number of carbonyl (C=O) groups is 1. The topological polar surface area (TPSA) is 63.3 Å². The zero-order valence-electron chi connectivity index (χ0n) is 15.6. The number of nitrogens with zero attached hydrogens (tertiary/aromatic N) is 3. The predicted octanol–water partition coefficient (Wildman–Crippen LogP) is 3.49. The van der Waals surface area contributed by atoms with E-state index in [1.165, 1.54) is 12.8 Å². The SMILES string of the molecule is Cc1ccc(C2CCCCCN2CC(=O)Nc2c(C)nn(C)c2C)o1. The molecule has 3 heterocycles. The van der Waals surface area contributed by atoms with E-state index in [1.54, 1.807) is 4.68 Å². The van der Waals surface area contributed by atoms with Crippen LogP contribution in [0.5, 0.6) is 0 Å². The van der Waals surface area contributed by atoms with Gasteiger partial charge in [0.15, 0.2) is 0 Å². The number of aromatic nitrogens is 2. The molecule has 25 heavy (non-hydrogen) atoms. The number of hydrogen-bond acceptors (Lipinski definition) is 4. The molecule has 1 amide bonds. The van der Waals surface area contributed by atoms with E-state index in [1.807, 2.05) is 40.0 Å². The maximum atomic E-state index is 12.7. The highest BCUT2D eigenvalue weighted by Gasteiger charge is 2.27. The molecular formula is C19H28N4O2. The molecule has 1 aliphatic rings. The number of furan rings is 1. The summed E-state index contributed by atoms with van der Waals surface area (Å²) < 4.78 is 7.66. The van der Waals surface area contributed by atoms with Crippen LogP contribution in [-0.4, -0.2) is 33.7 Å². The van der Waals surface area contributed by atoms with Crippen molar-refractivity contribution in [2.24, 2.45) is 7.05 Å². The lowest BCUT2D eigenvalue weighted by molar-refractivity contribution is -0.118. The van der Waals surface area contributed by atoms with E-state index in [0.29, 0.717) is 6.54 Å². The first-order chi connectivity index (χ1) is 12.0. The van der Waals surface area contributed by atoms with Crippen molar-refractivity contribution in [3.63, 3.8) is 0 Å². The van der Waals surface area contributed by atoms with Gasteiger partial charge >= 0.3 is 0 Å². The zero-order chi connectivity index (χ0) is 18.0. The normalized spacial score (nSPS) is 19.0. The van der Waals surface area contributed by atoms with Gasteiger partial charge in [-0.2, -0.15) is 5.10 Å². The lowest BCUT2D eigenvalue weighted by atomic mass is 10.1. The molecule has 136 valence electrons. The molecular weight excluding hydrogens is 316 g/mol. The molecule has 2 aromatic heterocycles. The fourth-order valence-electron chi connectivity index (χ4n) is 3.63. The zero-order valence-corrected chi connectivity index (χ0v) is 15.6. The van der Waals surface area contributed by atoms with Crippen molar-refractivity contribution in [3.05, 3.63) is 35.0 Å². The van der Waals surface area contributed by atoms with Crippen LogP contribution in [0.1, 0.15) is 54.6 Å². The summed E-state index contributed by atoms with van der Waals surface area (Å²) in [4.78, 5) is 14.9. The Balaban J connectivity index is 1.72. The molecule has 6 heteroatoms. The molecule has 1 atom stereocenters. The second kappa shape index (κ2) is 7.44. The Morgan fingerprint density at radius 1 is 1.28 bits per heavy atom. The van der Waals surface area contributed by atoms with Crippen molar-refractivity contribution in [3.8, 4) is 0 Å². The molecule has 3 rings (SSSR count). The molecule has 1 fully saturated rings. The smallest absolute Gasteiger partial charge is 0.238 e. The van der Waals surface area contributed by atoms with E-state index >= 15 is 0 Å². The third kappa shape index (κ3) is 3.95. The molecule has 0 aliphatic carbocycles. The monoisotopic (exact) mass is 344 g/mol. The Morgan fingerprint density at radius 2 is 2.08 bits per heavy atom. The van der Waals surface area contributed by atoms with Crippen LogP contribution >= 0.6 is 0 Å². The number of hydrogen-bond donors (Lipinski definition) is 1. The molecule has 0 bridgehead atoms. The molecule has 2 aromatic rings. The van der Waals surface area contributed by atoms with Gasteiger partial charge < -0.3 is 9.73 Å². The average molecular weight is 344 g/mol. The van der Waals surface area contributed by atoms with Gasteiger partial charge in [-0.05, 0) is 52.3 Å². The molecule has 1 unspecified atom stereocenters. The Hall–Kier alpha value is -2.08. The fourth-order valence-corrected chi connectivity index (χ4v) is 3.63. The van der Waals surface area contributed by atoms with Gasteiger partial charge in [0, 0.05) is 7.05 Å². The molecule has 1 aliphatic heterocycles. The van der Waals surface area contributed by atoms with Gasteiger partial charge in [-0.25, -0.2) is 0 Å². The Labute approximate surface area is 149 Å². The highest BCUT2D eigenvalue weighted by atomic mass is 16.3. The van der Waals surface area contributed by atoms with Gasteiger partial charge in [-0.15, -0.1) is 0 Å². The summed E-state index contributed by atoms with van der Waals surface area (Å²) in [6, 6.07) is 4.23. The Bertz CT molecular complexity index is 747. The number of amides is 1. The third-order valence-electron chi connectivity index (χ3n) is 5.07. The van der Waals surface area contributed by atoms with E-state index in [4.69, 9.17) is 4.42 Å². The van der Waals surface area contributed by atoms with E-state index in [-0.39, 0.29) is 11.9 Å². The number of nitrogens with one attached hydrogen (secondary N) is 1. The van der Waals surface area contributed by atoms with Gasteiger partial charge in [-0.1, -0.05) is 12.8 Å². The number of aryl methyl sites for hydroxylation is 3. The average Bonchev–Trinajstić information content (AvgIpc) is 2.98. The first-order valence-electron chi connectivity index (χ1n) is 9.06. The number of rotatable bonds is 4. The minimum atomic E-state index is 0.00868. The molecule has 1 saturated heterocycles. The summed E-state index contributed by atoms with van der Waals surface area (Å²) in [7, 11) is 1.89. The fraction of sp³-hybridized carbons (Fsp3) is 0.579. The summed E-state index contributed by atoms with van der Waals surface area (Å²) in [5.74, 6) is 1.90. The van der Waals surface area contributed by atoms with Crippen LogP contribution in [0.25, 0.3) is 0 Å². The van der Waals surface area contributed by atoms with Gasteiger partial charge in [0.05, 0.1) is 29.7 Å². The van der Waals surface area contributed by atoms with Crippen molar-refractivity contribution in [1.29, 1.82) is 0 Å². The lowest BCUT2D eigenvalue weighted by Gasteiger charge is -2.27. The lowest BCUT2D eigenvalue weighted by Crippen LogP contribution is -2.36. The second-order valence-corrected chi connectivity index (χ2v) is 7.00. The first-order valence-corrected chi connectivity index (χ1v) is 9.06. The number of carbonyl (C=O) groups excluding carboxylic acids is 1. The second-order valence-electron chi connectivity index (χ2n) is 7.00. The number of likely N-dealkylation sites (tertiary alicyclic amines) is 1. The van der Waals surface area contributed by atoms with Crippen LogP contribution in [0.2, 0.25) is 0 Å². The molecule has 0 spiro atoms. The van der Waals surface area contributed by atoms with Crippen LogP contribution < -0.4 is 5.32 Å². The molecule has 6 nitrogen and oxygen atoms in total. The largest absolute Gasteiger partial charge is 0.465 e. The molecule has 1 N–H and O–H groups in total. The molecule has 0 radical (unpaired) electrons. The minimum absolute atomic E-state index is 0.00868. The first kappa shape index (κ1) is 17.7. The van der Waals surface area contributed by atoms with Crippen LogP contribution in [0.3, 0.4) is 0 Å². The quantitative estimate of drug-likeness (QED) is 0.922. The predicted molar refractivity (Wildman–Crippen MR) is 97.5 cm³/mol. The highest BCUT2D eigenvalue weighted by molar-refractivity contribution is 5.93. The minimum Gasteiger partial charge on any atom is -0.465 e.